The quantitative estimate of drug-likeness (QED) is 0.767. The van der Waals surface area contributed by atoms with Crippen molar-refractivity contribution >= 4 is 5.78 Å². The molecule has 0 amide bonds. The molecule has 0 bridgehead atoms. The second-order valence-electron chi connectivity index (χ2n) is 3.90. The molecule has 2 aromatic rings. The van der Waals surface area contributed by atoms with Crippen molar-refractivity contribution in [3.8, 4) is 11.6 Å². The van der Waals surface area contributed by atoms with Crippen molar-refractivity contribution < 1.29 is 14.3 Å². The number of carbonyl (C=O) groups excluding carboxylic acids is 1. The van der Waals surface area contributed by atoms with Gasteiger partial charge in [-0.15, -0.1) is 5.10 Å². The van der Waals surface area contributed by atoms with Gasteiger partial charge in [-0.2, -0.15) is 5.10 Å². The van der Waals surface area contributed by atoms with Gasteiger partial charge in [0.25, 0.3) is 0 Å². The van der Waals surface area contributed by atoms with Gasteiger partial charge in [-0.1, -0.05) is 12.1 Å². The lowest BCUT2D eigenvalue weighted by Crippen LogP contribution is -2.06. The van der Waals surface area contributed by atoms with Crippen molar-refractivity contribution in [3.05, 3.63) is 47.7 Å². The highest BCUT2D eigenvalue weighted by Crippen LogP contribution is 2.14. The molecule has 0 atom stereocenters. The van der Waals surface area contributed by atoms with Crippen LogP contribution in [0.15, 0.2) is 36.4 Å². The van der Waals surface area contributed by atoms with E-state index in [1.54, 1.807) is 43.5 Å². The first-order chi connectivity index (χ1) is 9.22. The van der Waals surface area contributed by atoms with E-state index in [1.165, 1.54) is 7.11 Å². The summed E-state index contributed by atoms with van der Waals surface area (Å²) >= 11 is 0. The number of ether oxygens (including phenoxy) is 2. The molecule has 19 heavy (non-hydrogen) atoms. The lowest BCUT2D eigenvalue weighted by Gasteiger charge is -2.04. The van der Waals surface area contributed by atoms with E-state index >= 15 is 0 Å². The average Bonchev–Trinajstić information content (AvgIpc) is 2.48. The van der Waals surface area contributed by atoms with Gasteiger partial charge in [0, 0.05) is 11.6 Å². The van der Waals surface area contributed by atoms with Gasteiger partial charge in [-0.3, -0.25) is 4.79 Å². The van der Waals surface area contributed by atoms with Crippen LogP contribution in [0, 0.1) is 0 Å². The molecule has 98 valence electrons. The minimum Gasteiger partial charge on any atom is -0.497 e. The zero-order valence-corrected chi connectivity index (χ0v) is 10.8. The Hall–Kier alpha value is -2.43. The van der Waals surface area contributed by atoms with Crippen LogP contribution in [-0.2, 0) is 6.42 Å². The molecule has 0 spiro atoms. The van der Waals surface area contributed by atoms with Gasteiger partial charge in [0.15, 0.2) is 5.78 Å². The molecule has 0 aliphatic rings. The van der Waals surface area contributed by atoms with E-state index in [0.29, 0.717) is 22.9 Å². The fraction of sp³-hybridized carbons (Fsp3) is 0.214. The first-order valence-corrected chi connectivity index (χ1v) is 5.77. The molecular formula is C14H14N2O3. The maximum absolute atomic E-state index is 12.1. The summed E-state index contributed by atoms with van der Waals surface area (Å²) in [6.45, 7) is 0. The van der Waals surface area contributed by atoms with Crippen molar-refractivity contribution in [2.45, 2.75) is 6.42 Å². The predicted octanol–water partition coefficient (Wildman–Crippen LogP) is 1.92. The fourth-order valence-electron chi connectivity index (χ4n) is 1.61. The Morgan fingerprint density at radius 2 is 1.95 bits per heavy atom. The van der Waals surface area contributed by atoms with Crippen LogP contribution in [-0.4, -0.2) is 30.2 Å². The Morgan fingerprint density at radius 3 is 2.58 bits per heavy atom. The molecule has 0 saturated heterocycles. The third kappa shape index (κ3) is 3.28. The lowest BCUT2D eigenvalue weighted by atomic mass is 10.1. The normalized spacial score (nSPS) is 10.0. The Morgan fingerprint density at radius 1 is 1.11 bits per heavy atom. The number of aromatic nitrogens is 2. The summed E-state index contributed by atoms with van der Waals surface area (Å²) in [5.41, 5.74) is 1.20. The topological polar surface area (TPSA) is 61.3 Å². The van der Waals surface area contributed by atoms with Crippen LogP contribution in [0.4, 0.5) is 0 Å². The maximum atomic E-state index is 12.1. The summed E-state index contributed by atoms with van der Waals surface area (Å²) in [5.74, 6) is 1.06. The van der Waals surface area contributed by atoms with Gasteiger partial charge in [-0.25, -0.2) is 0 Å². The van der Waals surface area contributed by atoms with Crippen LogP contribution in [0.2, 0.25) is 0 Å². The summed E-state index contributed by atoms with van der Waals surface area (Å²) in [4.78, 5) is 12.1. The number of benzene rings is 1. The third-order valence-electron chi connectivity index (χ3n) is 2.64. The molecule has 5 heteroatoms. The fourth-order valence-corrected chi connectivity index (χ4v) is 1.61. The van der Waals surface area contributed by atoms with Crippen molar-refractivity contribution in [1.82, 2.24) is 10.2 Å². The minimum absolute atomic E-state index is 0.0293. The number of Topliss-reactive ketones (excluding diaryl/α,β-unsaturated/α-hetero) is 1. The van der Waals surface area contributed by atoms with Crippen LogP contribution < -0.4 is 9.47 Å². The van der Waals surface area contributed by atoms with E-state index in [4.69, 9.17) is 9.47 Å². The largest absolute Gasteiger partial charge is 0.497 e. The summed E-state index contributed by atoms with van der Waals surface area (Å²) in [6.07, 6.45) is 0.199. The summed E-state index contributed by atoms with van der Waals surface area (Å²) < 4.78 is 10.0. The first-order valence-electron chi connectivity index (χ1n) is 5.77. The van der Waals surface area contributed by atoms with Crippen LogP contribution in [0.1, 0.15) is 16.1 Å². The standard InChI is InChI=1S/C14H14N2O3/c1-18-12-5-3-4-10(8-12)13(17)9-11-6-7-14(19-2)16-15-11/h3-8H,9H2,1-2H3. The summed E-state index contributed by atoms with van der Waals surface area (Å²) in [7, 11) is 3.09. The van der Waals surface area contributed by atoms with Crippen LogP contribution in [0.5, 0.6) is 11.6 Å². The second kappa shape index (κ2) is 5.95. The molecule has 0 unspecified atom stereocenters. The highest BCUT2D eigenvalue weighted by molar-refractivity contribution is 5.97. The lowest BCUT2D eigenvalue weighted by molar-refractivity contribution is 0.0991. The molecule has 0 aliphatic heterocycles. The summed E-state index contributed by atoms with van der Waals surface area (Å²) in [5, 5.41) is 7.76. The average molecular weight is 258 g/mol. The Balaban J connectivity index is 2.11. The zero-order valence-electron chi connectivity index (χ0n) is 10.8. The number of methoxy groups -OCH3 is 2. The molecule has 2 rings (SSSR count). The van der Waals surface area contributed by atoms with Crippen molar-refractivity contribution in [3.63, 3.8) is 0 Å². The smallest absolute Gasteiger partial charge is 0.233 e. The molecular weight excluding hydrogens is 244 g/mol. The molecule has 0 fully saturated rings. The molecule has 5 nitrogen and oxygen atoms in total. The third-order valence-corrected chi connectivity index (χ3v) is 2.64. The van der Waals surface area contributed by atoms with E-state index in [1.807, 2.05) is 0 Å². The van der Waals surface area contributed by atoms with Gasteiger partial charge in [0.2, 0.25) is 5.88 Å². The van der Waals surface area contributed by atoms with Crippen molar-refractivity contribution in [2.75, 3.05) is 14.2 Å². The van der Waals surface area contributed by atoms with Gasteiger partial charge in [0.05, 0.1) is 26.3 Å². The summed E-state index contributed by atoms with van der Waals surface area (Å²) in [6, 6.07) is 10.4. The monoisotopic (exact) mass is 258 g/mol. The number of hydrogen-bond acceptors (Lipinski definition) is 5. The van der Waals surface area contributed by atoms with Gasteiger partial charge < -0.3 is 9.47 Å². The molecule has 0 radical (unpaired) electrons. The number of nitrogens with zero attached hydrogens (tertiary/aromatic N) is 2. The Bertz CT molecular complexity index is 567. The predicted molar refractivity (Wildman–Crippen MR) is 69.6 cm³/mol. The van der Waals surface area contributed by atoms with Crippen molar-refractivity contribution in [2.24, 2.45) is 0 Å². The van der Waals surface area contributed by atoms with E-state index < -0.39 is 0 Å². The van der Waals surface area contributed by atoms with E-state index in [0.717, 1.165) is 0 Å². The van der Waals surface area contributed by atoms with Gasteiger partial charge >= 0.3 is 0 Å². The van der Waals surface area contributed by atoms with Crippen LogP contribution >= 0.6 is 0 Å². The number of rotatable bonds is 5. The highest BCUT2D eigenvalue weighted by Gasteiger charge is 2.09. The molecule has 1 heterocycles. The molecule has 1 aromatic heterocycles. The Kier molecular flexibility index (Phi) is 4.07. The van der Waals surface area contributed by atoms with Gasteiger partial charge in [-0.05, 0) is 18.2 Å². The SMILES string of the molecule is COc1cccc(C(=O)Cc2ccc(OC)nn2)c1. The molecule has 1 aromatic carbocycles. The maximum Gasteiger partial charge on any atom is 0.233 e. The first kappa shape index (κ1) is 13.0. The second-order valence-corrected chi connectivity index (χ2v) is 3.90. The number of carbonyl (C=O) groups is 1. The molecule has 0 aliphatic carbocycles. The highest BCUT2D eigenvalue weighted by atomic mass is 16.5. The van der Waals surface area contributed by atoms with E-state index in [2.05, 4.69) is 10.2 Å². The van der Waals surface area contributed by atoms with Gasteiger partial charge in [0.1, 0.15) is 5.75 Å². The molecule has 0 N–H and O–H groups in total. The number of hydrogen-bond donors (Lipinski definition) is 0. The minimum atomic E-state index is -0.0293. The van der Waals surface area contributed by atoms with Crippen LogP contribution in [0.25, 0.3) is 0 Å². The number of ketones is 1. The van der Waals surface area contributed by atoms with E-state index in [9.17, 15) is 4.79 Å². The molecule has 0 saturated carbocycles. The zero-order chi connectivity index (χ0) is 13.7. The van der Waals surface area contributed by atoms with Crippen LogP contribution in [0.3, 0.4) is 0 Å². The van der Waals surface area contributed by atoms with E-state index in [-0.39, 0.29) is 12.2 Å². The van der Waals surface area contributed by atoms with Crippen molar-refractivity contribution in [1.29, 1.82) is 0 Å². The Labute approximate surface area is 111 Å².